The SMILES string of the molecule is CC(C)(C)Cc1ccc2c(CC(C)(C)C)c3c(cc2c1)c1ncnc2ccc4c5cc(CC6CCCC6)ccc5n3c4c21. The van der Waals surface area contributed by atoms with Gasteiger partial charge in [0.2, 0.25) is 0 Å². The van der Waals surface area contributed by atoms with Crippen molar-refractivity contribution < 1.29 is 0 Å². The molecule has 0 amide bonds. The lowest BCUT2D eigenvalue weighted by Crippen LogP contribution is -2.12. The van der Waals surface area contributed by atoms with Gasteiger partial charge in [-0.1, -0.05) is 91.5 Å². The van der Waals surface area contributed by atoms with Crippen molar-refractivity contribution in [2.24, 2.45) is 16.7 Å². The lowest BCUT2D eigenvalue weighted by atomic mass is 9.83. The summed E-state index contributed by atoms with van der Waals surface area (Å²) >= 11 is 0. The average molecular weight is 566 g/mol. The van der Waals surface area contributed by atoms with E-state index < -0.39 is 0 Å². The number of fused-ring (bicyclic) bond motifs is 7. The zero-order valence-corrected chi connectivity index (χ0v) is 26.6. The molecule has 0 unspecified atom stereocenters. The second-order valence-corrected chi connectivity index (χ2v) is 15.9. The van der Waals surface area contributed by atoms with Crippen molar-refractivity contribution in [2.45, 2.75) is 86.5 Å². The third kappa shape index (κ3) is 4.46. The molecule has 3 aromatic heterocycles. The van der Waals surface area contributed by atoms with Gasteiger partial charge in [-0.3, -0.25) is 0 Å². The quantitative estimate of drug-likeness (QED) is 0.157. The number of pyridine rings is 1. The Morgan fingerprint density at radius 1 is 0.698 bits per heavy atom. The van der Waals surface area contributed by atoms with E-state index in [0.29, 0.717) is 0 Å². The Bertz CT molecular complexity index is 2180. The van der Waals surface area contributed by atoms with Gasteiger partial charge in [-0.2, -0.15) is 0 Å². The maximum absolute atomic E-state index is 5.02. The van der Waals surface area contributed by atoms with Gasteiger partial charge in [-0.05, 0) is 93.8 Å². The van der Waals surface area contributed by atoms with Gasteiger partial charge in [0.05, 0.1) is 33.0 Å². The third-order valence-corrected chi connectivity index (χ3v) is 9.79. The van der Waals surface area contributed by atoms with Gasteiger partial charge in [0, 0.05) is 16.2 Å². The highest BCUT2D eigenvalue weighted by Crippen LogP contribution is 2.44. The summed E-state index contributed by atoms with van der Waals surface area (Å²) < 4.78 is 2.58. The van der Waals surface area contributed by atoms with Crippen LogP contribution in [0.4, 0.5) is 0 Å². The largest absolute Gasteiger partial charge is 0.307 e. The molecule has 0 radical (unpaired) electrons. The van der Waals surface area contributed by atoms with Crippen LogP contribution in [0.15, 0.2) is 60.9 Å². The topological polar surface area (TPSA) is 30.2 Å². The Balaban J connectivity index is 1.52. The molecule has 4 aromatic carbocycles. The summed E-state index contributed by atoms with van der Waals surface area (Å²) in [5, 5.41) is 7.78. The molecule has 7 aromatic rings. The number of aromatic nitrogens is 3. The lowest BCUT2D eigenvalue weighted by Gasteiger charge is -2.24. The maximum atomic E-state index is 5.02. The molecule has 218 valence electrons. The molecule has 1 aliphatic rings. The standard InChI is InChI=1S/C40H43N3/c1-39(2,3)21-26-11-13-28-27(18-26)20-31-36-35-33(41-23-42-36)15-14-29-30-19-25(17-24-9-7-8-10-24)12-16-34(30)43(38(29)35)37(31)32(28)22-40(4,5)6/h11-16,18-20,23-24H,7-10,17,21-22H2,1-6H3. The maximum Gasteiger partial charge on any atom is 0.116 e. The number of nitrogens with zero attached hydrogens (tertiary/aromatic N) is 3. The highest BCUT2D eigenvalue weighted by Gasteiger charge is 2.25. The first-order valence-electron chi connectivity index (χ1n) is 16.3. The van der Waals surface area contributed by atoms with Gasteiger partial charge < -0.3 is 4.40 Å². The summed E-state index contributed by atoms with van der Waals surface area (Å²) in [5.41, 5.74) is 10.6. The molecule has 8 rings (SSSR count). The van der Waals surface area contributed by atoms with Crippen LogP contribution in [0.3, 0.4) is 0 Å². The van der Waals surface area contributed by atoms with E-state index in [-0.39, 0.29) is 10.8 Å². The van der Waals surface area contributed by atoms with Crippen molar-refractivity contribution in [3.8, 4) is 0 Å². The van der Waals surface area contributed by atoms with E-state index in [9.17, 15) is 0 Å². The smallest absolute Gasteiger partial charge is 0.116 e. The molecule has 0 bridgehead atoms. The second kappa shape index (κ2) is 9.39. The van der Waals surface area contributed by atoms with Crippen molar-refractivity contribution in [3.05, 3.63) is 77.6 Å². The molecule has 1 saturated carbocycles. The van der Waals surface area contributed by atoms with Crippen LogP contribution in [0.2, 0.25) is 0 Å². The van der Waals surface area contributed by atoms with Gasteiger partial charge >= 0.3 is 0 Å². The molecular weight excluding hydrogens is 522 g/mol. The first-order valence-corrected chi connectivity index (χ1v) is 16.3. The summed E-state index contributed by atoms with van der Waals surface area (Å²) in [6.45, 7) is 14.1. The molecule has 43 heavy (non-hydrogen) atoms. The van der Waals surface area contributed by atoms with Crippen molar-refractivity contribution in [1.29, 1.82) is 0 Å². The predicted molar refractivity (Wildman–Crippen MR) is 184 cm³/mol. The number of hydrogen-bond donors (Lipinski definition) is 0. The van der Waals surface area contributed by atoms with Gasteiger partial charge in [-0.25, -0.2) is 9.97 Å². The fourth-order valence-corrected chi connectivity index (χ4v) is 8.20. The van der Waals surface area contributed by atoms with Crippen LogP contribution in [-0.2, 0) is 19.3 Å². The Morgan fingerprint density at radius 2 is 1.44 bits per heavy atom. The van der Waals surface area contributed by atoms with E-state index in [1.807, 2.05) is 0 Å². The zero-order chi connectivity index (χ0) is 29.7. The molecule has 0 saturated heterocycles. The van der Waals surface area contributed by atoms with Crippen LogP contribution >= 0.6 is 0 Å². The molecule has 0 N–H and O–H groups in total. The minimum atomic E-state index is 0.126. The molecule has 3 nitrogen and oxygen atoms in total. The molecule has 3 heterocycles. The van der Waals surface area contributed by atoms with E-state index in [1.165, 1.54) is 97.7 Å². The van der Waals surface area contributed by atoms with E-state index in [1.54, 1.807) is 6.33 Å². The number of hydrogen-bond acceptors (Lipinski definition) is 2. The van der Waals surface area contributed by atoms with Crippen LogP contribution in [0.5, 0.6) is 0 Å². The molecule has 0 aliphatic heterocycles. The first-order chi connectivity index (χ1) is 20.5. The van der Waals surface area contributed by atoms with Crippen LogP contribution in [0, 0.1) is 16.7 Å². The van der Waals surface area contributed by atoms with E-state index in [4.69, 9.17) is 9.97 Å². The van der Waals surface area contributed by atoms with Gasteiger partial charge in [0.1, 0.15) is 6.33 Å². The fourth-order valence-electron chi connectivity index (χ4n) is 8.20. The summed E-state index contributed by atoms with van der Waals surface area (Å²) in [5.74, 6) is 0.830. The monoisotopic (exact) mass is 565 g/mol. The Morgan fingerprint density at radius 3 is 2.21 bits per heavy atom. The molecule has 3 heteroatoms. The highest BCUT2D eigenvalue weighted by molar-refractivity contribution is 6.28. The van der Waals surface area contributed by atoms with E-state index in [0.717, 1.165) is 29.8 Å². The van der Waals surface area contributed by atoms with Gasteiger partial charge in [-0.15, -0.1) is 0 Å². The van der Waals surface area contributed by atoms with Crippen molar-refractivity contribution in [3.63, 3.8) is 0 Å². The third-order valence-electron chi connectivity index (χ3n) is 9.79. The van der Waals surface area contributed by atoms with Crippen molar-refractivity contribution in [1.82, 2.24) is 14.4 Å². The Labute approximate surface area is 254 Å². The minimum Gasteiger partial charge on any atom is -0.307 e. The van der Waals surface area contributed by atoms with Gasteiger partial charge in [0.25, 0.3) is 0 Å². The van der Waals surface area contributed by atoms with Crippen molar-refractivity contribution in [2.75, 3.05) is 0 Å². The summed E-state index contributed by atoms with van der Waals surface area (Å²) in [7, 11) is 0. The lowest BCUT2D eigenvalue weighted by molar-refractivity contribution is 0.411. The second-order valence-electron chi connectivity index (χ2n) is 15.9. The summed E-state index contributed by atoms with van der Waals surface area (Å²) in [4.78, 5) is 9.79. The normalized spacial score (nSPS) is 15.5. The van der Waals surface area contributed by atoms with Crippen LogP contribution in [0.1, 0.15) is 83.9 Å². The van der Waals surface area contributed by atoms with Crippen LogP contribution in [-0.4, -0.2) is 14.4 Å². The van der Waals surface area contributed by atoms with E-state index in [2.05, 4.69) is 101 Å². The molecule has 1 aliphatic carbocycles. The minimum absolute atomic E-state index is 0.126. The summed E-state index contributed by atoms with van der Waals surface area (Å²) in [6, 6.07) is 21.4. The zero-order valence-electron chi connectivity index (χ0n) is 26.6. The Hall–Kier alpha value is -3.72. The first kappa shape index (κ1) is 26.9. The van der Waals surface area contributed by atoms with Crippen molar-refractivity contribution >= 4 is 59.9 Å². The summed E-state index contributed by atoms with van der Waals surface area (Å²) in [6.07, 6.45) is 10.5. The molecule has 0 spiro atoms. The molecule has 0 atom stereocenters. The molecule has 1 fully saturated rings. The number of benzene rings is 4. The number of rotatable bonds is 4. The predicted octanol–water partition coefficient (Wildman–Crippen LogP) is 10.8. The van der Waals surface area contributed by atoms with Crippen LogP contribution in [0.25, 0.3) is 59.9 Å². The average Bonchev–Trinajstić information content (AvgIpc) is 3.57. The molecular formula is C40H43N3. The fraction of sp³-hybridized carbons (Fsp3) is 0.400. The highest BCUT2D eigenvalue weighted by atomic mass is 14.9. The Kier molecular flexibility index (Phi) is 5.87. The van der Waals surface area contributed by atoms with Crippen LogP contribution < -0.4 is 0 Å². The van der Waals surface area contributed by atoms with Gasteiger partial charge in [0.15, 0.2) is 0 Å². The van der Waals surface area contributed by atoms with E-state index >= 15 is 0 Å².